The molecule has 1 heterocycles. The number of anilines is 1. The van der Waals surface area contributed by atoms with E-state index in [1.807, 2.05) is 0 Å². The number of aromatic nitrogens is 2. The third-order valence-electron chi connectivity index (χ3n) is 2.80. The summed E-state index contributed by atoms with van der Waals surface area (Å²) >= 11 is 0. The van der Waals surface area contributed by atoms with Gasteiger partial charge in [-0.15, -0.1) is 0 Å². The van der Waals surface area contributed by atoms with Crippen molar-refractivity contribution in [2.45, 2.75) is 37.8 Å². The summed E-state index contributed by atoms with van der Waals surface area (Å²) in [6.07, 6.45) is 3.00. The number of hydrogen-bond donors (Lipinski definition) is 4. The van der Waals surface area contributed by atoms with Gasteiger partial charge in [-0.05, 0) is 36.0 Å². The van der Waals surface area contributed by atoms with Gasteiger partial charge in [-0.3, -0.25) is 5.41 Å². The minimum Gasteiger partial charge on any atom is -0.393 e. The molecule has 0 aromatic carbocycles. The maximum absolute atomic E-state index is 9.35. The highest BCUT2D eigenvalue weighted by atomic mass is 16.6. The van der Waals surface area contributed by atoms with Gasteiger partial charge in [0.15, 0.2) is 17.3 Å². The van der Waals surface area contributed by atoms with Crippen molar-refractivity contribution < 1.29 is 9.74 Å². The van der Waals surface area contributed by atoms with Crippen molar-refractivity contribution in [2.24, 2.45) is 0 Å². The molecule has 2 rings (SSSR count). The molecule has 0 unspecified atom stereocenters. The van der Waals surface area contributed by atoms with E-state index in [4.69, 9.17) is 11.1 Å². The Morgan fingerprint density at radius 2 is 2.06 bits per heavy atom. The largest absolute Gasteiger partial charge is 0.393 e. The quantitative estimate of drug-likeness (QED) is 0.411. The Balaban J connectivity index is 1.91. The van der Waals surface area contributed by atoms with Crippen molar-refractivity contribution in [3.8, 4) is 0 Å². The number of nitrogens with one attached hydrogen (secondary N) is 2. The average Bonchev–Trinajstić information content (AvgIpc) is 2.68. The Bertz CT molecular complexity index is 370. The minimum atomic E-state index is -0.203. The van der Waals surface area contributed by atoms with Gasteiger partial charge in [0, 0.05) is 6.04 Å². The monoisotopic (exact) mass is 225 g/mol. The molecule has 7 heteroatoms. The smallest absolute Gasteiger partial charge is 0.199 e. The summed E-state index contributed by atoms with van der Waals surface area (Å²) in [6.45, 7) is 0. The van der Waals surface area contributed by atoms with E-state index in [0.29, 0.717) is 0 Å². The predicted molar refractivity (Wildman–Crippen MR) is 56.9 cm³/mol. The first-order chi connectivity index (χ1) is 7.66. The number of aliphatic hydroxyl groups excluding tert-OH is 1. The number of rotatable bonds is 2. The number of aliphatic hydroxyl groups is 1. The molecule has 5 N–H and O–H groups in total. The lowest BCUT2D eigenvalue weighted by Crippen LogP contribution is -2.39. The molecular formula is C9H15N5O2. The van der Waals surface area contributed by atoms with Crippen LogP contribution in [0.5, 0.6) is 0 Å². The molecular weight excluding hydrogens is 210 g/mol. The van der Waals surface area contributed by atoms with Crippen LogP contribution in [0.4, 0.5) is 5.82 Å². The van der Waals surface area contributed by atoms with Crippen LogP contribution in [0.3, 0.4) is 0 Å². The van der Waals surface area contributed by atoms with Crippen LogP contribution in [0, 0.1) is 5.41 Å². The summed E-state index contributed by atoms with van der Waals surface area (Å²) in [5.41, 5.74) is 5.72. The molecule has 0 atom stereocenters. The zero-order chi connectivity index (χ0) is 11.5. The molecule has 1 fully saturated rings. The van der Waals surface area contributed by atoms with E-state index in [1.165, 1.54) is 0 Å². The van der Waals surface area contributed by atoms with Gasteiger partial charge in [0.2, 0.25) is 0 Å². The van der Waals surface area contributed by atoms with Crippen LogP contribution in [0.25, 0.3) is 0 Å². The third kappa shape index (κ3) is 2.30. The van der Waals surface area contributed by atoms with Crippen molar-refractivity contribution in [1.29, 1.82) is 5.41 Å². The molecule has 1 aliphatic carbocycles. The van der Waals surface area contributed by atoms with Crippen LogP contribution in [0.1, 0.15) is 31.4 Å². The van der Waals surface area contributed by atoms with E-state index >= 15 is 0 Å². The molecule has 1 aromatic rings. The Kier molecular flexibility index (Phi) is 3.04. The van der Waals surface area contributed by atoms with Crippen LogP contribution in [-0.2, 0) is 0 Å². The number of nitrogen functional groups attached to an aromatic ring is 1. The summed E-state index contributed by atoms with van der Waals surface area (Å²) < 4.78 is 4.43. The lowest BCUT2D eigenvalue weighted by Gasteiger charge is -2.26. The minimum absolute atomic E-state index is 0.119. The highest BCUT2D eigenvalue weighted by molar-refractivity contribution is 5.98. The number of nitrogens with zero attached hydrogens (tertiary/aromatic N) is 2. The van der Waals surface area contributed by atoms with Crippen molar-refractivity contribution in [2.75, 3.05) is 5.73 Å². The molecule has 1 aromatic heterocycles. The van der Waals surface area contributed by atoms with Gasteiger partial charge >= 0.3 is 0 Å². The van der Waals surface area contributed by atoms with Crippen LogP contribution in [0.2, 0.25) is 0 Å². The molecule has 0 amide bonds. The number of amidine groups is 1. The summed E-state index contributed by atoms with van der Waals surface area (Å²) in [5.74, 6) is 0.244. The average molecular weight is 225 g/mol. The lowest BCUT2D eigenvalue weighted by molar-refractivity contribution is 0.120. The number of hydrogen-bond acceptors (Lipinski definition) is 6. The molecule has 0 spiro atoms. The predicted octanol–water partition coefficient (Wildman–Crippen LogP) is -0.130. The molecule has 0 saturated heterocycles. The van der Waals surface area contributed by atoms with Crippen molar-refractivity contribution >= 4 is 11.7 Å². The molecule has 7 nitrogen and oxygen atoms in total. The van der Waals surface area contributed by atoms with Gasteiger partial charge < -0.3 is 16.2 Å². The lowest BCUT2D eigenvalue weighted by atomic mass is 9.93. The van der Waals surface area contributed by atoms with Crippen LogP contribution >= 0.6 is 0 Å². The van der Waals surface area contributed by atoms with E-state index in [2.05, 4.69) is 20.3 Å². The third-order valence-corrected chi connectivity index (χ3v) is 2.80. The van der Waals surface area contributed by atoms with E-state index in [9.17, 15) is 5.11 Å². The molecule has 1 saturated carbocycles. The van der Waals surface area contributed by atoms with Crippen LogP contribution < -0.4 is 11.1 Å². The molecule has 88 valence electrons. The Morgan fingerprint density at radius 1 is 1.38 bits per heavy atom. The zero-order valence-corrected chi connectivity index (χ0v) is 8.81. The van der Waals surface area contributed by atoms with E-state index in [1.54, 1.807) is 0 Å². The van der Waals surface area contributed by atoms with Crippen molar-refractivity contribution in [3.05, 3.63) is 5.69 Å². The first-order valence-corrected chi connectivity index (χ1v) is 5.28. The van der Waals surface area contributed by atoms with Crippen molar-refractivity contribution in [1.82, 2.24) is 15.6 Å². The first kappa shape index (κ1) is 10.9. The van der Waals surface area contributed by atoms with Gasteiger partial charge in [-0.2, -0.15) is 0 Å². The van der Waals surface area contributed by atoms with E-state index < -0.39 is 0 Å². The van der Waals surface area contributed by atoms with Crippen LogP contribution in [-0.4, -0.2) is 33.4 Å². The fraction of sp³-hybridized carbons (Fsp3) is 0.667. The second kappa shape index (κ2) is 4.48. The number of nitrogens with two attached hydrogens (primary N) is 1. The van der Waals surface area contributed by atoms with Crippen molar-refractivity contribution in [3.63, 3.8) is 0 Å². The topological polar surface area (TPSA) is 121 Å². The van der Waals surface area contributed by atoms with Gasteiger partial charge in [0.25, 0.3) is 0 Å². The molecule has 0 radical (unpaired) electrons. The second-order valence-corrected chi connectivity index (χ2v) is 4.02. The zero-order valence-electron chi connectivity index (χ0n) is 8.81. The van der Waals surface area contributed by atoms with Crippen LogP contribution in [0.15, 0.2) is 4.63 Å². The highest BCUT2D eigenvalue weighted by Crippen LogP contribution is 2.18. The maximum Gasteiger partial charge on any atom is 0.199 e. The summed E-state index contributed by atoms with van der Waals surface area (Å²) in [7, 11) is 0. The van der Waals surface area contributed by atoms with E-state index in [0.717, 1.165) is 25.7 Å². The van der Waals surface area contributed by atoms with E-state index in [-0.39, 0.29) is 29.5 Å². The summed E-state index contributed by atoms with van der Waals surface area (Å²) in [5, 5.41) is 27.1. The fourth-order valence-electron chi connectivity index (χ4n) is 1.86. The van der Waals surface area contributed by atoms with Gasteiger partial charge in [0.1, 0.15) is 0 Å². The molecule has 16 heavy (non-hydrogen) atoms. The van der Waals surface area contributed by atoms with Gasteiger partial charge in [0.05, 0.1) is 6.10 Å². The first-order valence-electron chi connectivity index (χ1n) is 5.28. The normalized spacial score (nSPS) is 25.3. The standard InChI is InChI=1S/C9H15N5O2/c10-8(7-9(11)14-16-13-7)12-5-1-3-6(15)4-2-5/h5-6,15H,1-4H2,(H2,10,12)(H2,11,14). The molecule has 0 aliphatic heterocycles. The Labute approximate surface area is 92.5 Å². The van der Waals surface area contributed by atoms with Gasteiger partial charge in [-0.25, -0.2) is 4.63 Å². The molecule has 0 bridgehead atoms. The Hall–Kier alpha value is -1.63. The summed E-state index contributed by atoms with van der Waals surface area (Å²) in [4.78, 5) is 0. The SMILES string of the molecule is N=C(NC1CCC(O)CC1)c1nonc1N. The second-order valence-electron chi connectivity index (χ2n) is 4.02. The Morgan fingerprint density at radius 3 is 2.62 bits per heavy atom. The highest BCUT2D eigenvalue weighted by Gasteiger charge is 2.22. The maximum atomic E-state index is 9.35. The molecule has 1 aliphatic rings. The fourth-order valence-corrected chi connectivity index (χ4v) is 1.86. The van der Waals surface area contributed by atoms with Gasteiger partial charge in [-0.1, -0.05) is 0 Å². The summed E-state index contributed by atoms with van der Waals surface area (Å²) in [6, 6.07) is 0.187.